The van der Waals surface area contributed by atoms with Gasteiger partial charge in [-0.05, 0) is 43.1 Å². The number of hydrogen-bond acceptors (Lipinski definition) is 2. The Morgan fingerprint density at radius 2 is 1.94 bits per heavy atom. The van der Waals surface area contributed by atoms with E-state index >= 15 is 0 Å². The minimum absolute atomic E-state index is 0.885. The monoisotopic (exact) mass is 377 g/mol. The lowest BCUT2D eigenvalue weighted by molar-refractivity contribution is 0.414. The summed E-state index contributed by atoms with van der Waals surface area (Å²) in [5, 5.41) is 4.60. The van der Waals surface area contributed by atoms with E-state index in [1.807, 2.05) is 12.1 Å². The molecule has 0 fully saturated rings. The van der Waals surface area contributed by atoms with Gasteiger partial charge in [-0.2, -0.15) is 0 Å². The van der Waals surface area contributed by atoms with Gasteiger partial charge in [-0.3, -0.25) is 0 Å². The average molecular weight is 379 g/mol. The molecular weight excluding hydrogens is 358 g/mol. The minimum atomic E-state index is 0.885. The molecule has 1 aromatic rings. The summed E-state index contributed by atoms with van der Waals surface area (Å²) in [6.45, 7) is 1.96. The van der Waals surface area contributed by atoms with Crippen molar-refractivity contribution in [2.75, 3.05) is 19.0 Å². The van der Waals surface area contributed by atoms with Gasteiger partial charge < -0.3 is 10.1 Å². The van der Waals surface area contributed by atoms with Gasteiger partial charge in [0.2, 0.25) is 0 Å². The van der Waals surface area contributed by atoms with Crippen molar-refractivity contribution in [3.05, 3.63) is 28.2 Å². The maximum Gasteiger partial charge on any atom is 0.119 e. The molecule has 1 rings (SSSR count). The van der Waals surface area contributed by atoms with Crippen molar-refractivity contribution in [3.8, 4) is 5.75 Å². The smallest absolute Gasteiger partial charge is 0.119 e. The van der Waals surface area contributed by atoms with E-state index in [9.17, 15) is 0 Å². The van der Waals surface area contributed by atoms with Crippen LogP contribution in [0.3, 0.4) is 0 Å². The summed E-state index contributed by atoms with van der Waals surface area (Å²) < 4.78 is 6.36. The number of nitrogens with one attached hydrogen (secondary N) is 1. The highest BCUT2D eigenvalue weighted by molar-refractivity contribution is 9.10. The van der Waals surface area contributed by atoms with Crippen LogP contribution in [-0.2, 0) is 6.54 Å². The van der Waals surface area contributed by atoms with Gasteiger partial charge in [-0.15, -0.1) is 0 Å². The number of hydrogen-bond donors (Lipinski definition) is 1. The van der Waals surface area contributed by atoms with Crippen molar-refractivity contribution in [1.82, 2.24) is 5.32 Å². The second kappa shape index (κ2) is 9.82. The number of benzene rings is 1. The first kappa shape index (κ1) is 16.0. The molecule has 0 bridgehead atoms. The normalized spacial score (nSPS) is 10.6. The second-order valence-electron chi connectivity index (χ2n) is 4.24. The van der Waals surface area contributed by atoms with E-state index in [0.29, 0.717) is 0 Å². The van der Waals surface area contributed by atoms with E-state index in [1.54, 1.807) is 7.11 Å². The van der Waals surface area contributed by atoms with E-state index in [0.717, 1.165) is 28.6 Å². The summed E-state index contributed by atoms with van der Waals surface area (Å²) in [5.41, 5.74) is 1.25. The topological polar surface area (TPSA) is 21.3 Å². The van der Waals surface area contributed by atoms with E-state index in [-0.39, 0.29) is 0 Å². The molecule has 18 heavy (non-hydrogen) atoms. The molecule has 0 saturated carbocycles. The van der Waals surface area contributed by atoms with Crippen molar-refractivity contribution in [3.63, 3.8) is 0 Å². The molecule has 102 valence electrons. The van der Waals surface area contributed by atoms with Crippen molar-refractivity contribution in [2.24, 2.45) is 0 Å². The van der Waals surface area contributed by atoms with Gasteiger partial charge in [-0.25, -0.2) is 0 Å². The van der Waals surface area contributed by atoms with Gasteiger partial charge in [0.05, 0.1) is 7.11 Å². The first-order chi connectivity index (χ1) is 8.77. The minimum Gasteiger partial charge on any atom is -0.497 e. The number of rotatable bonds is 9. The van der Waals surface area contributed by atoms with Crippen molar-refractivity contribution in [1.29, 1.82) is 0 Å². The second-order valence-corrected chi connectivity index (χ2v) is 5.88. The number of unbranched alkanes of at least 4 members (excludes halogenated alkanes) is 3. The lowest BCUT2D eigenvalue weighted by atomic mass is 10.2. The lowest BCUT2D eigenvalue weighted by Gasteiger charge is -2.08. The highest BCUT2D eigenvalue weighted by Crippen LogP contribution is 2.22. The van der Waals surface area contributed by atoms with Gasteiger partial charge in [0.15, 0.2) is 0 Å². The van der Waals surface area contributed by atoms with Crippen LogP contribution in [0.1, 0.15) is 31.2 Å². The molecule has 0 unspecified atom stereocenters. The Kier molecular flexibility index (Phi) is 8.72. The van der Waals surface area contributed by atoms with E-state index in [2.05, 4.69) is 43.2 Å². The molecular formula is C14H21Br2NO. The molecule has 2 nitrogen and oxygen atoms in total. The molecule has 0 aliphatic carbocycles. The molecule has 0 amide bonds. The average Bonchev–Trinajstić information content (AvgIpc) is 2.39. The predicted octanol–water partition coefficient (Wildman–Crippen LogP) is 4.50. The Morgan fingerprint density at radius 1 is 1.17 bits per heavy atom. The van der Waals surface area contributed by atoms with Crippen LogP contribution in [0.2, 0.25) is 0 Å². The summed E-state index contributed by atoms with van der Waals surface area (Å²) in [6.07, 6.45) is 5.14. The quantitative estimate of drug-likeness (QED) is 0.504. The number of halogens is 2. The first-order valence-corrected chi connectivity index (χ1v) is 8.28. The summed E-state index contributed by atoms with van der Waals surface area (Å²) in [7, 11) is 1.70. The maximum atomic E-state index is 5.23. The largest absolute Gasteiger partial charge is 0.497 e. The van der Waals surface area contributed by atoms with Gasteiger partial charge in [0, 0.05) is 16.3 Å². The third kappa shape index (κ3) is 6.21. The summed E-state index contributed by atoms with van der Waals surface area (Å²) >= 11 is 7.01. The van der Waals surface area contributed by atoms with Crippen molar-refractivity contribution >= 4 is 31.9 Å². The van der Waals surface area contributed by atoms with Gasteiger partial charge in [0.25, 0.3) is 0 Å². The fraction of sp³-hybridized carbons (Fsp3) is 0.571. The molecule has 4 heteroatoms. The van der Waals surface area contributed by atoms with Crippen LogP contribution in [0.15, 0.2) is 22.7 Å². The molecule has 0 heterocycles. The zero-order chi connectivity index (χ0) is 13.2. The number of methoxy groups -OCH3 is 1. The number of ether oxygens (including phenoxy) is 1. The van der Waals surface area contributed by atoms with E-state index in [1.165, 1.54) is 31.2 Å². The van der Waals surface area contributed by atoms with Crippen LogP contribution >= 0.6 is 31.9 Å². The van der Waals surface area contributed by atoms with Gasteiger partial charge >= 0.3 is 0 Å². The Morgan fingerprint density at radius 3 is 2.67 bits per heavy atom. The van der Waals surface area contributed by atoms with Crippen molar-refractivity contribution < 1.29 is 4.74 Å². The van der Waals surface area contributed by atoms with Crippen LogP contribution in [0.5, 0.6) is 5.75 Å². The summed E-state index contributed by atoms with van der Waals surface area (Å²) in [4.78, 5) is 0. The zero-order valence-electron chi connectivity index (χ0n) is 10.8. The van der Waals surface area contributed by atoms with E-state index < -0.39 is 0 Å². The van der Waals surface area contributed by atoms with Crippen LogP contribution in [-0.4, -0.2) is 19.0 Å². The standard InChI is InChI=1S/C14H21Br2NO/c1-18-13-6-7-14(16)12(10-13)11-17-9-5-3-2-4-8-15/h6-7,10,17H,2-5,8-9,11H2,1H3. The fourth-order valence-electron chi connectivity index (χ4n) is 1.73. The Labute approximate surface area is 127 Å². The third-order valence-corrected chi connectivity index (χ3v) is 4.14. The predicted molar refractivity (Wildman–Crippen MR) is 84.7 cm³/mol. The van der Waals surface area contributed by atoms with Crippen LogP contribution < -0.4 is 10.1 Å². The fourth-order valence-corrected chi connectivity index (χ4v) is 2.52. The zero-order valence-corrected chi connectivity index (χ0v) is 14.0. The SMILES string of the molecule is COc1ccc(Br)c(CNCCCCCCBr)c1. The van der Waals surface area contributed by atoms with E-state index in [4.69, 9.17) is 4.74 Å². The first-order valence-electron chi connectivity index (χ1n) is 6.37. The van der Waals surface area contributed by atoms with Gasteiger partial charge in [-0.1, -0.05) is 44.7 Å². The van der Waals surface area contributed by atoms with Crippen LogP contribution in [0.4, 0.5) is 0 Å². The van der Waals surface area contributed by atoms with Crippen LogP contribution in [0, 0.1) is 0 Å². The lowest BCUT2D eigenvalue weighted by Crippen LogP contribution is -2.15. The highest BCUT2D eigenvalue weighted by Gasteiger charge is 2.01. The summed E-state index contributed by atoms with van der Waals surface area (Å²) in [6, 6.07) is 6.07. The Hall–Kier alpha value is -0.0600. The highest BCUT2D eigenvalue weighted by atomic mass is 79.9. The molecule has 1 aromatic carbocycles. The summed E-state index contributed by atoms with van der Waals surface area (Å²) in [5.74, 6) is 0.910. The molecule has 0 aromatic heterocycles. The molecule has 0 spiro atoms. The van der Waals surface area contributed by atoms with Gasteiger partial charge in [0.1, 0.15) is 5.75 Å². The molecule has 0 aliphatic heterocycles. The number of alkyl halides is 1. The molecule has 0 aliphatic rings. The Bertz CT molecular complexity index is 345. The van der Waals surface area contributed by atoms with Crippen molar-refractivity contribution in [2.45, 2.75) is 32.2 Å². The maximum absolute atomic E-state index is 5.23. The Balaban J connectivity index is 2.22. The molecule has 0 radical (unpaired) electrons. The molecule has 0 saturated heterocycles. The third-order valence-electron chi connectivity index (χ3n) is 2.81. The van der Waals surface area contributed by atoms with Crippen LogP contribution in [0.25, 0.3) is 0 Å². The molecule has 1 N–H and O–H groups in total. The molecule has 0 atom stereocenters.